The Morgan fingerprint density at radius 2 is 1.54 bits per heavy atom. The van der Waals surface area contributed by atoms with E-state index < -0.39 is 15.9 Å². The van der Waals surface area contributed by atoms with Crippen LogP contribution in [0.5, 0.6) is 0 Å². The summed E-state index contributed by atoms with van der Waals surface area (Å²) in [7, 11) is -3.62. The van der Waals surface area contributed by atoms with Crippen molar-refractivity contribution >= 4 is 43.2 Å². The number of para-hydroxylation sites is 1. The van der Waals surface area contributed by atoms with Gasteiger partial charge in [-0.05, 0) is 35.9 Å². The molecule has 0 atom stereocenters. The molecular formula is C21H19BrN2O3S. The third kappa shape index (κ3) is 4.99. The topological polar surface area (TPSA) is 66.5 Å². The predicted molar refractivity (Wildman–Crippen MR) is 117 cm³/mol. The first-order chi connectivity index (χ1) is 13.3. The molecule has 1 N–H and O–H groups in total. The molecule has 0 aliphatic rings. The van der Waals surface area contributed by atoms with E-state index in [4.69, 9.17) is 0 Å². The van der Waals surface area contributed by atoms with Gasteiger partial charge in [-0.3, -0.25) is 9.10 Å². The largest absolute Gasteiger partial charge is 0.324 e. The molecule has 0 aliphatic carbocycles. The highest BCUT2D eigenvalue weighted by Crippen LogP contribution is 2.28. The minimum atomic E-state index is -3.62. The lowest BCUT2D eigenvalue weighted by Crippen LogP contribution is -2.37. The Morgan fingerprint density at radius 3 is 2.18 bits per heavy atom. The van der Waals surface area contributed by atoms with E-state index in [0.717, 1.165) is 26.2 Å². The summed E-state index contributed by atoms with van der Waals surface area (Å²) in [4.78, 5) is 12.7. The van der Waals surface area contributed by atoms with Gasteiger partial charge in [0.2, 0.25) is 15.9 Å². The first kappa shape index (κ1) is 20.1. The molecule has 3 aromatic carbocycles. The van der Waals surface area contributed by atoms with Gasteiger partial charge >= 0.3 is 0 Å². The number of carbonyl (C=O) groups is 1. The van der Waals surface area contributed by atoms with E-state index in [-0.39, 0.29) is 6.54 Å². The second-order valence-electron chi connectivity index (χ2n) is 6.21. The normalized spacial score (nSPS) is 11.1. The van der Waals surface area contributed by atoms with E-state index in [9.17, 15) is 13.2 Å². The third-order valence-corrected chi connectivity index (χ3v) is 5.76. The Morgan fingerprint density at radius 1 is 0.929 bits per heavy atom. The zero-order chi connectivity index (χ0) is 20.1. The predicted octanol–water partition coefficient (Wildman–Crippen LogP) is 4.52. The molecule has 0 aliphatic heterocycles. The molecule has 7 heteroatoms. The summed E-state index contributed by atoms with van der Waals surface area (Å²) in [6.45, 7) is -0.316. The lowest BCUT2D eigenvalue weighted by Gasteiger charge is -2.22. The Kier molecular flexibility index (Phi) is 6.16. The van der Waals surface area contributed by atoms with Crippen LogP contribution in [0.25, 0.3) is 11.1 Å². The van der Waals surface area contributed by atoms with E-state index in [1.54, 1.807) is 30.3 Å². The molecule has 0 heterocycles. The maximum atomic E-state index is 12.7. The van der Waals surface area contributed by atoms with Gasteiger partial charge in [0.25, 0.3) is 0 Å². The summed E-state index contributed by atoms with van der Waals surface area (Å²) in [6.07, 6.45) is 1.08. The fourth-order valence-electron chi connectivity index (χ4n) is 2.79. The molecule has 28 heavy (non-hydrogen) atoms. The average Bonchev–Trinajstić information content (AvgIpc) is 2.67. The summed E-state index contributed by atoms with van der Waals surface area (Å²) in [5.41, 5.74) is 2.89. The molecule has 0 spiro atoms. The van der Waals surface area contributed by atoms with E-state index in [2.05, 4.69) is 21.2 Å². The lowest BCUT2D eigenvalue weighted by atomic mass is 10.0. The second-order valence-corrected chi connectivity index (χ2v) is 9.03. The summed E-state index contributed by atoms with van der Waals surface area (Å²) in [5.74, 6) is -0.420. The van der Waals surface area contributed by atoms with Crippen LogP contribution in [0.1, 0.15) is 0 Å². The number of carbonyl (C=O) groups excluding carboxylic acids is 1. The Hall–Kier alpha value is -2.64. The lowest BCUT2D eigenvalue weighted by molar-refractivity contribution is -0.114. The number of halogens is 1. The van der Waals surface area contributed by atoms with Gasteiger partial charge in [0.15, 0.2) is 0 Å². The first-order valence-electron chi connectivity index (χ1n) is 8.52. The molecule has 0 saturated heterocycles. The monoisotopic (exact) mass is 458 g/mol. The zero-order valence-corrected chi connectivity index (χ0v) is 17.6. The van der Waals surface area contributed by atoms with Gasteiger partial charge in [0.05, 0.1) is 11.9 Å². The van der Waals surface area contributed by atoms with E-state index in [1.165, 1.54) is 0 Å². The maximum absolute atomic E-state index is 12.7. The first-order valence-corrected chi connectivity index (χ1v) is 11.2. The third-order valence-electron chi connectivity index (χ3n) is 4.09. The number of amides is 1. The number of nitrogens with zero attached hydrogens (tertiary/aromatic N) is 1. The standard InChI is InChI=1S/C21H19BrN2O3S/c1-28(26,27)24(18-13-11-17(22)12-14-18)15-21(25)23-20-10-6-5-9-19(20)16-7-3-2-4-8-16/h2-14H,15H2,1H3,(H,23,25). The van der Waals surface area contributed by atoms with Crippen molar-refractivity contribution in [2.75, 3.05) is 22.4 Å². The number of benzene rings is 3. The zero-order valence-electron chi connectivity index (χ0n) is 15.2. The van der Waals surface area contributed by atoms with Gasteiger partial charge in [0.1, 0.15) is 6.54 Å². The van der Waals surface area contributed by atoms with Gasteiger partial charge in [-0.2, -0.15) is 0 Å². The second kappa shape index (κ2) is 8.58. The molecule has 144 valence electrons. The van der Waals surface area contributed by atoms with E-state index >= 15 is 0 Å². The van der Waals surface area contributed by atoms with Crippen LogP contribution in [0.4, 0.5) is 11.4 Å². The van der Waals surface area contributed by atoms with Crippen molar-refractivity contribution in [1.29, 1.82) is 0 Å². The molecule has 5 nitrogen and oxygen atoms in total. The molecule has 0 saturated carbocycles. The van der Waals surface area contributed by atoms with Crippen LogP contribution < -0.4 is 9.62 Å². The fraction of sp³-hybridized carbons (Fsp3) is 0.0952. The quantitative estimate of drug-likeness (QED) is 0.590. The molecule has 0 bridgehead atoms. The van der Waals surface area contributed by atoms with Crippen molar-refractivity contribution in [3.8, 4) is 11.1 Å². The molecule has 1 amide bonds. The Balaban J connectivity index is 1.84. The molecule has 0 fully saturated rings. The van der Waals surface area contributed by atoms with Crippen molar-refractivity contribution < 1.29 is 13.2 Å². The molecule has 0 aromatic heterocycles. The molecule has 0 unspecified atom stereocenters. The highest BCUT2D eigenvalue weighted by atomic mass is 79.9. The van der Waals surface area contributed by atoms with Crippen molar-refractivity contribution in [3.05, 3.63) is 83.3 Å². The van der Waals surface area contributed by atoms with Crippen molar-refractivity contribution in [2.24, 2.45) is 0 Å². The number of anilines is 2. The molecule has 0 radical (unpaired) electrons. The summed E-state index contributed by atoms with van der Waals surface area (Å²) < 4.78 is 26.4. The van der Waals surface area contributed by atoms with Gasteiger partial charge < -0.3 is 5.32 Å². The average molecular weight is 459 g/mol. The van der Waals surface area contributed by atoms with Crippen LogP contribution in [0.3, 0.4) is 0 Å². The number of sulfonamides is 1. The van der Waals surface area contributed by atoms with Crippen LogP contribution in [0.2, 0.25) is 0 Å². The minimum absolute atomic E-state index is 0.316. The van der Waals surface area contributed by atoms with Gasteiger partial charge in [-0.1, -0.05) is 64.5 Å². The van der Waals surface area contributed by atoms with Crippen LogP contribution in [0.15, 0.2) is 83.3 Å². The van der Waals surface area contributed by atoms with E-state index in [1.807, 2.05) is 48.5 Å². The van der Waals surface area contributed by atoms with Crippen LogP contribution in [0, 0.1) is 0 Å². The fourth-order valence-corrected chi connectivity index (χ4v) is 3.91. The highest BCUT2D eigenvalue weighted by molar-refractivity contribution is 9.10. The van der Waals surface area contributed by atoms with Crippen molar-refractivity contribution in [3.63, 3.8) is 0 Å². The van der Waals surface area contributed by atoms with Crippen LogP contribution >= 0.6 is 15.9 Å². The van der Waals surface area contributed by atoms with Gasteiger partial charge in [-0.25, -0.2) is 8.42 Å². The molecule has 3 aromatic rings. The number of nitrogens with one attached hydrogen (secondary N) is 1. The van der Waals surface area contributed by atoms with Crippen molar-refractivity contribution in [2.45, 2.75) is 0 Å². The number of hydrogen-bond donors (Lipinski definition) is 1. The van der Waals surface area contributed by atoms with Crippen LogP contribution in [-0.4, -0.2) is 27.1 Å². The van der Waals surface area contributed by atoms with Gasteiger partial charge in [0, 0.05) is 15.7 Å². The Bertz CT molecular complexity index is 1070. The van der Waals surface area contributed by atoms with E-state index in [0.29, 0.717) is 11.4 Å². The Labute approximate surface area is 173 Å². The van der Waals surface area contributed by atoms with Gasteiger partial charge in [-0.15, -0.1) is 0 Å². The smallest absolute Gasteiger partial charge is 0.245 e. The van der Waals surface area contributed by atoms with Crippen molar-refractivity contribution in [1.82, 2.24) is 0 Å². The minimum Gasteiger partial charge on any atom is -0.324 e. The molecular weight excluding hydrogens is 440 g/mol. The number of hydrogen-bond acceptors (Lipinski definition) is 3. The summed E-state index contributed by atoms with van der Waals surface area (Å²) in [5, 5.41) is 2.84. The SMILES string of the molecule is CS(=O)(=O)N(CC(=O)Nc1ccccc1-c1ccccc1)c1ccc(Br)cc1. The van der Waals surface area contributed by atoms with Crippen LogP contribution in [-0.2, 0) is 14.8 Å². The summed E-state index contributed by atoms with van der Waals surface area (Å²) in [6, 6.07) is 23.9. The number of rotatable bonds is 6. The molecule has 3 rings (SSSR count). The maximum Gasteiger partial charge on any atom is 0.245 e. The highest BCUT2D eigenvalue weighted by Gasteiger charge is 2.21. The summed E-state index contributed by atoms with van der Waals surface area (Å²) >= 11 is 3.32.